The fourth-order valence-corrected chi connectivity index (χ4v) is 4.67. The van der Waals surface area contributed by atoms with Gasteiger partial charge < -0.3 is 4.74 Å². The SMILES string of the molecule is COc1ccc(/C(=C\c2ccc(C(C)=O)cc2)C2=CC(C)(C)CC(C)(C)C2)cc1. The lowest BCUT2D eigenvalue weighted by molar-refractivity contribution is 0.101. The Bertz CT molecular complexity index is 939. The monoisotopic (exact) mass is 388 g/mol. The maximum atomic E-state index is 11.6. The zero-order valence-electron chi connectivity index (χ0n) is 18.5. The van der Waals surface area contributed by atoms with Crippen molar-refractivity contribution in [3.8, 4) is 5.75 Å². The number of carbonyl (C=O) groups is 1. The van der Waals surface area contributed by atoms with Gasteiger partial charge in [-0.15, -0.1) is 0 Å². The van der Waals surface area contributed by atoms with Crippen LogP contribution in [-0.2, 0) is 0 Å². The van der Waals surface area contributed by atoms with Crippen LogP contribution in [0.1, 0.15) is 68.9 Å². The lowest BCUT2D eigenvalue weighted by Crippen LogP contribution is -2.27. The van der Waals surface area contributed by atoms with Crippen molar-refractivity contribution in [2.75, 3.05) is 7.11 Å². The molecule has 0 saturated heterocycles. The van der Waals surface area contributed by atoms with Crippen LogP contribution in [0.3, 0.4) is 0 Å². The molecule has 2 heteroatoms. The van der Waals surface area contributed by atoms with Gasteiger partial charge in [0.05, 0.1) is 7.11 Å². The minimum Gasteiger partial charge on any atom is -0.497 e. The molecule has 0 aromatic heterocycles. The van der Waals surface area contributed by atoms with Gasteiger partial charge in [0, 0.05) is 5.56 Å². The molecule has 0 amide bonds. The molecule has 0 heterocycles. The average Bonchev–Trinajstić information content (AvgIpc) is 2.64. The molecule has 3 rings (SSSR count). The Morgan fingerprint density at radius 2 is 1.52 bits per heavy atom. The van der Waals surface area contributed by atoms with E-state index >= 15 is 0 Å². The van der Waals surface area contributed by atoms with E-state index in [2.05, 4.69) is 52.0 Å². The molecule has 0 bridgehead atoms. The van der Waals surface area contributed by atoms with Gasteiger partial charge in [-0.25, -0.2) is 0 Å². The number of hydrogen-bond acceptors (Lipinski definition) is 2. The molecule has 29 heavy (non-hydrogen) atoms. The molecular weight excluding hydrogens is 356 g/mol. The predicted molar refractivity (Wildman–Crippen MR) is 122 cm³/mol. The maximum absolute atomic E-state index is 11.6. The zero-order chi connectivity index (χ0) is 21.2. The smallest absolute Gasteiger partial charge is 0.159 e. The highest BCUT2D eigenvalue weighted by Gasteiger charge is 2.34. The van der Waals surface area contributed by atoms with Gasteiger partial charge in [0.15, 0.2) is 5.78 Å². The van der Waals surface area contributed by atoms with Gasteiger partial charge in [-0.3, -0.25) is 4.79 Å². The van der Waals surface area contributed by atoms with Crippen molar-refractivity contribution in [3.05, 3.63) is 76.9 Å². The number of ketones is 1. The van der Waals surface area contributed by atoms with Gasteiger partial charge in [-0.05, 0) is 71.1 Å². The second-order valence-electron chi connectivity index (χ2n) is 9.64. The number of ether oxygens (including phenoxy) is 1. The Labute approximate surface area is 175 Å². The minimum atomic E-state index is 0.0920. The maximum Gasteiger partial charge on any atom is 0.159 e. The number of allylic oxidation sites excluding steroid dienone is 3. The van der Waals surface area contributed by atoms with Crippen molar-refractivity contribution in [3.63, 3.8) is 0 Å². The molecule has 2 aromatic rings. The Balaban J connectivity index is 2.11. The molecule has 1 aliphatic carbocycles. The molecule has 0 saturated carbocycles. The topological polar surface area (TPSA) is 26.3 Å². The van der Waals surface area contributed by atoms with E-state index in [1.807, 2.05) is 36.4 Å². The highest BCUT2D eigenvalue weighted by Crippen LogP contribution is 2.48. The standard InChI is InChI=1S/C27H32O2/c1-19(28)21-9-7-20(8-10-21)15-25(22-11-13-24(29-6)14-12-22)23-16-26(2,3)18-27(4,5)17-23/h7-16H,17-18H2,1-6H3/b25-15+. The van der Waals surface area contributed by atoms with Crippen LogP contribution in [0.25, 0.3) is 11.6 Å². The molecule has 0 N–H and O–H groups in total. The van der Waals surface area contributed by atoms with E-state index in [1.165, 1.54) is 23.1 Å². The zero-order valence-corrected chi connectivity index (χ0v) is 18.5. The second kappa shape index (κ2) is 8.02. The largest absolute Gasteiger partial charge is 0.497 e. The quantitative estimate of drug-likeness (QED) is 0.399. The summed E-state index contributed by atoms with van der Waals surface area (Å²) in [6.45, 7) is 11.0. The summed E-state index contributed by atoms with van der Waals surface area (Å²) < 4.78 is 5.35. The van der Waals surface area contributed by atoms with Crippen molar-refractivity contribution in [1.82, 2.24) is 0 Å². The van der Waals surface area contributed by atoms with Crippen LogP contribution >= 0.6 is 0 Å². The van der Waals surface area contributed by atoms with Crippen LogP contribution < -0.4 is 4.74 Å². The highest BCUT2D eigenvalue weighted by atomic mass is 16.5. The van der Waals surface area contributed by atoms with E-state index in [0.29, 0.717) is 0 Å². The van der Waals surface area contributed by atoms with Crippen LogP contribution in [0.15, 0.2) is 60.2 Å². The fourth-order valence-electron chi connectivity index (χ4n) is 4.67. The third-order valence-corrected chi connectivity index (χ3v) is 5.54. The van der Waals surface area contributed by atoms with Crippen molar-refractivity contribution in [2.24, 2.45) is 10.8 Å². The first-order chi connectivity index (χ1) is 13.6. The highest BCUT2D eigenvalue weighted by molar-refractivity contribution is 5.95. The first-order valence-corrected chi connectivity index (χ1v) is 10.3. The summed E-state index contributed by atoms with van der Waals surface area (Å²) in [7, 11) is 1.69. The number of rotatable bonds is 5. The van der Waals surface area contributed by atoms with Crippen LogP contribution in [-0.4, -0.2) is 12.9 Å². The third kappa shape index (κ3) is 5.26. The number of benzene rings is 2. The molecule has 0 radical (unpaired) electrons. The van der Waals surface area contributed by atoms with Crippen LogP contribution in [0.2, 0.25) is 0 Å². The molecular formula is C27H32O2. The number of methoxy groups -OCH3 is 1. The summed E-state index contributed by atoms with van der Waals surface area (Å²) in [4.78, 5) is 11.6. The fraction of sp³-hybridized carbons (Fsp3) is 0.370. The van der Waals surface area contributed by atoms with E-state index in [4.69, 9.17) is 4.74 Å². The van der Waals surface area contributed by atoms with Crippen molar-refractivity contribution >= 4 is 17.4 Å². The molecule has 2 nitrogen and oxygen atoms in total. The van der Waals surface area contributed by atoms with Gasteiger partial charge >= 0.3 is 0 Å². The molecule has 0 spiro atoms. The Kier molecular flexibility index (Phi) is 5.84. The molecule has 152 valence electrons. The predicted octanol–water partition coefficient (Wildman–Crippen LogP) is 7.21. The van der Waals surface area contributed by atoms with E-state index in [9.17, 15) is 4.79 Å². The first kappa shape index (κ1) is 21.1. The average molecular weight is 389 g/mol. The normalized spacial score (nSPS) is 18.1. The summed E-state index contributed by atoms with van der Waals surface area (Å²) in [5, 5.41) is 0. The molecule has 1 aliphatic rings. The summed E-state index contributed by atoms with van der Waals surface area (Å²) in [5.41, 5.74) is 6.05. The van der Waals surface area contributed by atoms with Gasteiger partial charge in [-0.2, -0.15) is 0 Å². The lowest BCUT2D eigenvalue weighted by atomic mass is 9.65. The molecule has 0 atom stereocenters. The van der Waals surface area contributed by atoms with Crippen molar-refractivity contribution in [2.45, 2.75) is 47.5 Å². The van der Waals surface area contributed by atoms with Gasteiger partial charge in [-0.1, -0.05) is 70.2 Å². The van der Waals surface area contributed by atoms with E-state index in [1.54, 1.807) is 14.0 Å². The summed E-state index contributed by atoms with van der Waals surface area (Å²) >= 11 is 0. The number of Topliss-reactive ketones (excluding diaryl/α,β-unsaturated/α-hetero) is 1. The first-order valence-electron chi connectivity index (χ1n) is 10.3. The Morgan fingerprint density at radius 1 is 0.931 bits per heavy atom. The minimum absolute atomic E-state index is 0.0920. The van der Waals surface area contributed by atoms with Crippen LogP contribution in [0, 0.1) is 10.8 Å². The van der Waals surface area contributed by atoms with Gasteiger partial charge in [0.2, 0.25) is 0 Å². The van der Waals surface area contributed by atoms with E-state index in [0.717, 1.165) is 23.3 Å². The van der Waals surface area contributed by atoms with Crippen molar-refractivity contribution in [1.29, 1.82) is 0 Å². The summed E-state index contributed by atoms with van der Waals surface area (Å²) in [5.74, 6) is 0.951. The Hall–Kier alpha value is -2.61. The van der Waals surface area contributed by atoms with Crippen molar-refractivity contribution < 1.29 is 9.53 Å². The molecule has 0 aliphatic heterocycles. The number of hydrogen-bond donors (Lipinski definition) is 0. The summed E-state index contributed by atoms with van der Waals surface area (Å²) in [6.07, 6.45) is 6.90. The van der Waals surface area contributed by atoms with Gasteiger partial charge in [0.25, 0.3) is 0 Å². The van der Waals surface area contributed by atoms with E-state index < -0.39 is 0 Å². The molecule has 0 fully saturated rings. The van der Waals surface area contributed by atoms with E-state index in [-0.39, 0.29) is 16.6 Å². The van der Waals surface area contributed by atoms with Gasteiger partial charge in [0.1, 0.15) is 5.75 Å². The second-order valence-corrected chi connectivity index (χ2v) is 9.64. The third-order valence-electron chi connectivity index (χ3n) is 5.54. The number of carbonyl (C=O) groups excluding carboxylic acids is 1. The van der Waals surface area contributed by atoms with Crippen LogP contribution in [0.5, 0.6) is 5.75 Å². The Morgan fingerprint density at radius 3 is 2.03 bits per heavy atom. The molecule has 0 unspecified atom stereocenters. The molecule has 2 aromatic carbocycles. The lowest BCUT2D eigenvalue weighted by Gasteiger charge is -2.40. The van der Waals surface area contributed by atoms with Crippen LogP contribution in [0.4, 0.5) is 0 Å². The summed E-state index contributed by atoms with van der Waals surface area (Å²) in [6, 6.07) is 16.2.